The van der Waals surface area contributed by atoms with E-state index in [1.165, 1.54) is 0 Å². The van der Waals surface area contributed by atoms with E-state index in [0.29, 0.717) is 11.3 Å². The Hall–Kier alpha value is -2.31. The monoisotopic (exact) mass is 291 g/mol. The first kappa shape index (κ1) is 15.1. The average Bonchev–Trinajstić information content (AvgIpc) is 2.96. The van der Waals surface area contributed by atoms with E-state index >= 15 is 0 Å². The number of carbonyl (C=O) groups excluding carboxylic acids is 1. The van der Waals surface area contributed by atoms with Crippen molar-refractivity contribution in [2.45, 2.75) is 33.2 Å². The molecule has 3 N–H and O–H groups in total. The molecule has 0 unspecified atom stereocenters. The number of aromatic amines is 2. The molecule has 0 bridgehead atoms. The van der Waals surface area contributed by atoms with Crippen LogP contribution in [0, 0.1) is 12.8 Å². The molecule has 1 amide bonds. The maximum Gasteiger partial charge on any atom is 0.267 e. The molecule has 7 nitrogen and oxygen atoms in total. The Morgan fingerprint density at radius 1 is 1.43 bits per heavy atom. The molecule has 2 rings (SSSR count). The third-order valence-electron chi connectivity index (χ3n) is 3.55. The average molecular weight is 291 g/mol. The number of amides is 1. The molecule has 2 aromatic heterocycles. The summed E-state index contributed by atoms with van der Waals surface area (Å²) in [5, 5.41) is 8.16. The van der Waals surface area contributed by atoms with Gasteiger partial charge >= 0.3 is 0 Å². The summed E-state index contributed by atoms with van der Waals surface area (Å²) in [5.74, 6) is 0.809. The zero-order valence-corrected chi connectivity index (χ0v) is 12.7. The topological polar surface area (TPSA) is 95.6 Å². The van der Waals surface area contributed by atoms with Gasteiger partial charge in [-0.3, -0.25) is 14.7 Å². The first-order valence-electron chi connectivity index (χ1n) is 6.92. The van der Waals surface area contributed by atoms with E-state index in [9.17, 15) is 9.59 Å². The van der Waals surface area contributed by atoms with Crippen LogP contribution in [0.2, 0.25) is 0 Å². The van der Waals surface area contributed by atoms with Gasteiger partial charge in [0.1, 0.15) is 5.82 Å². The normalized spacial score (nSPS) is 12.6. The molecule has 0 aromatic carbocycles. The number of H-pyrrole nitrogens is 2. The Balaban J connectivity index is 2.13. The lowest BCUT2D eigenvalue weighted by Crippen LogP contribution is -2.35. The number of hydrogen-bond donors (Lipinski definition) is 3. The molecule has 0 fully saturated rings. The van der Waals surface area contributed by atoms with Gasteiger partial charge in [0.25, 0.3) is 5.56 Å². The van der Waals surface area contributed by atoms with Crippen molar-refractivity contribution in [3.63, 3.8) is 0 Å². The summed E-state index contributed by atoms with van der Waals surface area (Å²) in [5.41, 5.74) is 0.906. The fraction of sp³-hybridized carbons (Fsp3) is 0.500. The summed E-state index contributed by atoms with van der Waals surface area (Å²) >= 11 is 0. The molecule has 1 atom stereocenters. The van der Waals surface area contributed by atoms with E-state index in [-0.39, 0.29) is 29.8 Å². The van der Waals surface area contributed by atoms with Gasteiger partial charge in [-0.2, -0.15) is 0 Å². The fourth-order valence-electron chi connectivity index (χ4n) is 2.28. The van der Waals surface area contributed by atoms with Gasteiger partial charge < -0.3 is 15.0 Å². The highest BCUT2D eigenvalue weighted by Gasteiger charge is 2.23. The number of rotatable bonds is 5. The number of aryl methyl sites for hydroxylation is 2. The smallest absolute Gasteiger partial charge is 0.267 e. The summed E-state index contributed by atoms with van der Waals surface area (Å²) < 4.78 is 1.89. The third kappa shape index (κ3) is 3.24. The van der Waals surface area contributed by atoms with E-state index < -0.39 is 0 Å². The van der Waals surface area contributed by atoms with Crippen molar-refractivity contribution < 1.29 is 4.79 Å². The molecule has 7 heteroatoms. The number of aromatic nitrogens is 4. The van der Waals surface area contributed by atoms with Gasteiger partial charge in [-0.1, -0.05) is 13.8 Å². The zero-order chi connectivity index (χ0) is 15.6. The molecule has 0 radical (unpaired) electrons. The van der Waals surface area contributed by atoms with Crippen molar-refractivity contribution in [3.8, 4) is 0 Å². The molecule has 0 saturated carbocycles. The molecule has 21 heavy (non-hydrogen) atoms. The van der Waals surface area contributed by atoms with Crippen LogP contribution in [0.3, 0.4) is 0 Å². The Labute approximate surface area is 122 Å². The highest BCUT2D eigenvalue weighted by Crippen LogP contribution is 2.19. The first-order chi connectivity index (χ1) is 9.90. The maximum atomic E-state index is 12.2. The predicted molar refractivity (Wildman–Crippen MR) is 78.8 cm³/mol. The van der Waals surface area contributed by atoms with Gasteiger partial charge in [-0.05, 0) is 12.8 Å². The van der Waals surface area contributed by atoms with Crippen molar-refractivity contribution in [2.75, 3.05) is 0 Å². The molecule has 0 saturated heterocycles. The van der Waals surface area contributed by atoms with Crippen molar-refractivity contribution in [1.82, 2.24) is 25.1 Å². The lowest BCUT2D eigenvalue weighted by Gasteiger charge is -2.22. The molecule has 2 aromatic rings. The van der Waals surface area contributed by atoms with Crippen LogP contribution in [0.5, 0.6) is 0 Å². The molecule has 0 aliphatic rings. The summed E-state index contributed by atoms with van der Waals surface area (Å²) in [7, 11) is 1.89. The van der Waals surface area contributed by atoms with E-state index in [0.717, 1.165) is 5.82 Å². The summed E-state index contributed by atoms with van der Waals surface area (Å²) in [6, 6.07) is -0.184. The summed E-state index contributed by atoms with van der Waals surface area (Å²) in [6.07, 6.45) is 3.61. The third-order valence-corrected chi connectivity index (χ3v) is 3.55. The van der Waals surface area contributed by atoms with Crippen LogP contribution in [0.1, 0.15) is 37.0 Å². The number of nitrogens with zero attached hydrogens (tertiary/aromatic N) is 2. The van der Waals surface area contributed by atoms with Crippen LogP contribution in [0.25, 0.3) is 0 Å². The highest BCUT2D eigenvalue weighted by molar-refractivity contribution is 5.79. The zero-order valence-electron chi connectivity index (χ0n) is 12.7. The van der Waals surface area contributed by atoms with Gasteiger partial charge in [0.05, 0.1) is 12.5 Å². The Morgan fingerprint density at radius 3 is 2.62 bits per heavy atom. The number of carbonyl (C=O) groups is 1. The summed E-state index contributed by atoms with van der Waals surface area (Å²) in [6.45, 7) is 5.81. The highest BCUT2D eigenvalue weighted by atomic mass is 16.2. The Kier molecular flexibility index (Phi) is 4.30. The molecule has 0 aliphatic heterocycles. The maximum absolute atomic E-state index is 12.2. The van der Waals surface area contributed by atoms with Crippen LogP contribution in [0.4, 0.5) is 0 Å². The molecule has 0 aliphatic carbocycles. The minimum Gasteiger partial charge on any atom is -0.346 e. The summed E-state index contributed by atoms with van der Waals surface area (Å²) in [4.78, 5) is 28.1. The molecule has 114 valence electrons. The van der Waals surface area contributed by atoms with Crippen LogP contribution < -0.4 is 10.9 Å². The van der Waals surface area contributed by atoms with Crippen LogP contribution >= 0.6 is 0 Å². The second-order valence-electron chi connectivity index (χ2n) is 5.55. The number of hydrogen-bond acceptors (Lipinski definition) is 3. The Morgan fingerprint density at radius 2 is 2.14 bits per heavy atom. The lowest BCUT2D eigenvalue weighted by molar-refractivity contribution is -0.121. The molecule has 2 heterocycles. The fourth-order valence-corrected chi connectivity index (χ4v) is 2.28. The predicted octanol–water partition coefficient (Wildman–Crippen LogP) is 0.801. The quantitative estimate of drug-likeness (QED) is 0.760. The lowest BCUT2D eigenvalue weighted by atomic mass is 10.0. The van der Waals surface area contributed by atoms with Gasteiger partial charge in [0.15, 0.2) is 0 Å². The number of nitrogens with one attached hydrogen (secondary N) is 3. The standard InChI is InChI=1S/C14H21N5O2/c1-8(2)12(13-15-5-6-19(13)4)16-11(20)7-10-9(3)17-18-14(10)21/h5-6,8,12H,7H2,1-4H3,(H,16,20)(H2,17,18,21)/t12-/m0/s1. The van der Waals surface area contributed by atoms with Gasteiger partial charge in [0.2, 0.25) is 5.91 Å². The van der Waals surface area contributed by atoms with Gasteiger partial charge in [-0.25, -0.2) is 4.98 Å². The van der Waals surface area contributed by atoms with Crippen molar-refractivity contribution in [3.05, 3.63) is 39.8 Å². The molecular formula is C14H21N5O2. The van der Waals surface area contributed by atoms with Gasteiger partial charge in [-0.15, -0.1) is 0 Å². The molecular weight excluding hydrogens is 270 g/mol. The minimum absolute atomic E-state index is 0.0539. The first-order valence-corrected chi connectivity index (χ1v) is 6.92. The van der Waals surface area contributed by atoms with Crippen LogP contribution in [-0.2, 0) is 18.3 Å². The SMILES string of the molecule is Cc1[nH][nH]c(=O)c1CC(=O)N[C@H](c1nccn1C)C(C)C. The Bertz CT molecular complexity index is 680. The molecule has 0 spiro atoms. The van der Waals surface area contributed by atoms with E-state index in [1.807, 2.05) is 31.7 Å². The van der Waals surface area contributed by atoms with Crippen molar-refractivity contribution in [1.29, 1.82) is 0 Å². The van der Waals surface area contributed by atoms with Crippen LogP contribution in [0.15, 0.2) is 17.2 Å². The second-order valence-corrected chi connectivity index (χ2v) is 5.55. The van der Waals surface area contributed by atoms with E-state index in [2.05, 4.69) is 20.5 Å². The number of imidazole rings is 1. The van der Waals surface area contributed by atoms with Crippen molar-refractivity contribution in [2.24, 2.45) is 13.0 Å². The van der Waals surface area contributed by atoms with E-state index in [1.54, 1.807) is 13.1 Å². The minimum atomic E-state index is -0.249. The van der Waals surface area contributed by atoms with Crippen LogP contribution in [-0.4, -0.2) is 25.7 Å². The van der Waals surface area contributed by atoms with E-state index in [4.69, 9.17) is 0 Å². The van der Waals surface area contributed by atoms with Crippen molar-refractivity contribution >= 4 is 5.91 Å². The second kappa shape index (κ2) is 5.99. The van der Waals surface area contributed by atoms with Gasteiger partial charge in [0, 0.05) is 30.7 Å². The largest absolute Gasteiger partial charge is 0.346 e.